The van der Waals surface area contributed by atoms with Crippen molar-refractivity contribution in [1.82, 2.24) is 0 Å². The van der Waals surface area contributed by atoms with Crippen molar-refractivity contribution >= 4 is 23.2 Å². The zero-order valence-electron chi connectivity index (χ0n) is 14.7. The molecule has 2 N–H and O–H groups in total. The van der Waals surface area contributed by atoms with Gasteiger partial charge in [0.2, 0.25) is 5.91 Å². The lowest BCUT2D eigenvalue weighted by atomic mass is 10.1. The van der Waals surface area contributed by atoms with E-state index >= 15 is 0 Å². The van der Waals surface area contributed by atoms with Gasteiger partial charge in [-0.1, -0.05) is 38.1 Å². The van der Waals surface area contributed by atoms with Gasteiger partial charge in [0.05, 0.1) is 0 Å². The Morgan fingerprint density at radius 2 is 1.60 bits per heavy atom. The Hall–Kier alpha value is -2.82. The van der Waals surface area contributed by atoms with Crippen LogP contribution in [0.3, 0.4) is 0 Å². The molecule has 0 bridgehead atoms. The van der Waals surface area contributed by atoms with E-state index < -0.39 is 0 Å². The maximum atomic E-state index is 12.1. The Balaban J connectivity index is 1.91. The fraction of sp³-hybridized carbons (Fsp3) is 0.300. The molecule has 0 unspecified atom stereocenters. The Kier molecular flexibility index (Phi) is 7.01. The van der Waals surface area contributed by atoms with Crippen molar-refractivity contribution in [2.45, 2.75) is 33.1 Å². The molecule has 0 saturated carbocycles. The van der Waals surface area contributed by atoms with Crippen molar-refractivity contribution < 1.29 is 14.3 Å². The van der Waals surface area contributed by atoms with Crippen LogP contribution >= 0.6 is 0 Å². The summed E-state index contributed by atoms with van der Waals surface area (Å²) in [5.74, 6) is 0.439. The summed E-state index contributed by atoms with van der Waals surface area (Å²) in [6.07, 6.45) is 2.11. The first-order valence-electron chi connectivity index (χ1n) is 8.52. The third-order valence-electron chi connectivity index (χ3n) is 3.62. The van der Waals surface area contributed by atoms with Crippen molar-refractivity contribution in [2.24, 2.45) is 0 Å². The molecular formula is C20H24N2O3. The number of anilines is 2. The predicted octanol–water partition coefficient (Wildman–Crippen LogP) is 4.01. The molecule has 0 aromatic heterocycles. The number of benzene rings is 2. The van der Waals surface area contributed by atoms with Gasteiger partial charge in [-0.05, 0) is 42.7 Å². The van der Waals surface area contributed by atoms with Gasteiger partial charge in [-0.15, -0.1) is 0 Å². The van der Waals surface area contributed by atoms with E-state index in [2.05, 4.69) is 10.6 Å². The number of nitrogens with one attached hydrogen (secondary N) is 2. The molecule has 2 aromatic carbocycles. The summed E-state index contributed by atoms with van der Waals surface area (Å²) in [5, 5.41) is 5.59. The topological polar surface area (TPSA) is 67.4 Å². The molecule has 0 atom stereocenters. The first kappa shape index (κ1) is 18.5. The van der Waals surface area contributed by atoms with E-state index in [1.165, 1.54) is 0 Å². The molecule has 5 nitrogen and oxygen atoms in total. The van der Waals surface area contributed by atoms with E-state index in [1.54, 1.807) is 24.3 Å². The minimum atomic E-state index is -0.247. The smallest absolute Gasteiger partial charge is 0.262 e. The largest absolute Gasteiger partial charge is 0.483 e. The average Bonchev–Trinajstić information content (AvgIpc) is 2.60. The normalized spacial score (nSPS) is 10.2. The molecule has 0 spiro atoms. The van der Waals surface area contributed by atoms with Gasteiger partial charge in [-0.2, -0.15) is 0 Å². The first-order valence-corrected chi connectivity index (χ1v) is 8.52. The second-order valence-electron chi connectivity index (χ2n) is 5.68. The summed E-state index contributed by atoms with van der Waals surface area (Å²) >= 11 is 0. The maximum absolute atomic E-state index is 12.1. The standard InChI is InChI=1S/C20H24N2O3/c1-3-8-19(23)21-16-10-7-11-17(13-16)22-20(24)14-25-18-12-6-5-9-15(18)4-2/h5-7,9-13H,3-4,8,14H2,1-2H3,(H,21,23)(H,22,24). The van der Waals surface area contributed by atoms with Gasteiger partial charge < -0.3 is 15.4 Å². The Bertz CT molecular complexity index is 728. The number of para-hydroxylation sites is 1. The zero-order valence-corrected chi connectivity index (χ0v) is 14.7. The molecule has 0 saturated heterocycles. The lowest BCUT2D eigenvalue weighted by molar-refractivity contribution is -0.118. The van der Waals surface area contributed by atoms with Gasteiger partial charge in [0.25, 0.3) is 5.91 Å². The monoisotopic (exact) mass is 340 g/mol. The number of hydrogen-bond acceptors (Lipinski definition) is 3. The minimum absolute atomic E-state index is 0.0366. The van der Waals surface area contributed by atoms with Crippen LogP contribution < -0.4 is 15.4 Å². The molecule has 0 aliphatic rings. The van der Waals surface area contributed by atoms with E-state index in [9.17, 15) is 9.59 Å². The first-order chi connectivity index (χ1) is 12.1. The molecule has 2 amide bonds. The van der Waals surface area contributed by atoms with Gasteiger partial charge in [0.15, 0.2) is 6.61 Å². The molecule has 0 aliphatic carbocycles. The molecule has 132 valence electrons. The molecule has 25 heavy (non-hydrogen) atoms. The van der Waals surface area contributed by atoms with Crippen LogP contribution in [0.5, 0.6) is 5.75 Å². The van der Waals surface area contributed by atoms with Crippen LogP contribution in [0.15, 0.2) is 48.5 Å². The number of carbonyl (C=O) groups excluding carboxylic acids is 2. The van der Waals surface area contributed by atoms with Crippen LogP contribution in [0.1, 0.15) is 32.3 Å². The maximum Gasteiger partial charge on any atom is 0.262 e. The summed E-state index contributed by atoms with van der Waals surface area (Å²) in [7, 11) is 0. The van der Waals surface area contributed by atoms with Gasteiger partial charge >= 0.3 is 0 Å². The quantitative estimate of drug-likeness (QED) is 0.763. The number of rotatable bonds is 8. The second kappa shape index (κ2) is 9.47. The van der Waals surface area contributed by atoms with Gasteiger partial charge in [-0.25, -0.2) is 0 Å². The van der Waals surface area contributed by atoms with Crippen LogP contribution in [-0.2, 0) is 16.0 Å². The Labute approximate surface area is 148 Å². The van der Waals surface area contributed by atoms with Crippen LogP contribution in [0.4, 0.5) is 11.4 Å². The third kappa shape index (κ3) is 5.95. The highest BCUT2D eigenvalue weighted by Crippen LogP contribution is 2.19. The van der Waals surface area contributed by atoms with E-state index in [0.29, 0.717) is 17.8 Å². The van der Waals surface area contributed by atoms with Gasteiger partial charge in [-0.3, -0.25) is 9.59 Å². The van der Waals surface area contributed by atoms with Crippen LogP contribution in [0, 0.1) is 0 Å². The summed E-state index contributed by atoms with van der Waals surface area (Å²) < 4.78 is 5.61. The molecule has 2 aromatic rings. The highest BCUT2D eigenvalue weighted by molar-refractivity contribution is 5.94. The zero-order chi connectivity index (χ0) is 18.1. The number of ether oxygens (including phenoxy) is 1. The summed E-state index contributed by atoms with van der Waals surface area (Å²) in [6.45, 7) is 3.93. The average molecular weight is 340 g/mol. The van der Waals surface area contributed by atoms with E-state index in [0.717, 1.165) is 24.2 Å². The van der Waals surface area contributed by atoms with E-state index in [-0.39, 0.29) is 18.4 Å². The number of hydrogen-bond donors (Lipinski definition) is 2. The fourth-order valence-electron chi connectivity index (χ4n) is 2.40. The van der Waals surface area contributed by atoms with Crippen LogP contribution in [-0.4, -0.2) is 18.4 Å². The SMILES string of the molecule is CCCC(=O)Nc1cccc(NC(=O)COc2ccccc2CC)c1. The number of amides is 2. The van der Waals surface area contributed by atoms with Crippen molar-refractivity contribution in [1.29, 1.82) is 0 Å². The van der Waals surface area contributed by atoms with Crippen molar-refractivity contribution in [3.8, 4) is 5.75 Å². The molecule has 0 aliphatic heterocycles. The van der Waals surface area contributed by atoms with Crippen LogP contribution in [0.2, 0.25) is 0 Å². The number of carbonyl (C=O) groups is 2. The molecule has 2 rings (SSSR count). The van der Waals surface area contributed by atoms with E-state index in [4.69, 9.17) is 4.74 Å². The fourth-order valence-corrected chi connectivity index (χ4v) is 2.40. The lowest BCUT2D eigenvalue weighted by Crippen LogP contribution is -2.20. The van der Waals surface area contributed by atoms with Crippen molar-refractivity contribution in [2.75, 3.05) is 17.2 Å². The molecule has 0 fully saturated rings. The van der Waals surface area contributed by atoms with E-state index in [1.807, 2.05) is 38.1 Å². The van der Waals surface area contributed by atoms with Crippen molar-refractivity contribution in [3.63, 3.8) is 0 Å². The van der Waals surface area contributed by atoms with Crippen molar-refractivity contribution in [3.05, 3.63) is 54.1 Å². The summed E-state index contributed by atoms with van der Waals surface area (Å²) in [6, 6.07) is 14.7. The van der Waals surface area contributed by atoms with Crippen LogP contribution in [0.25, 0.3) is 0 Å². The highest BCUT2D eigenvalue weighted by atomic mass is 16.5. The summed E-state index contributed by atoms with van der Waals surface area (Å²) in [5.41, 5.74) is 2.34. The summed E-state index contributed by atoms with van der Waals surface area (Å²) in [4.78, 5) is 23.7. The Morgan fingerprint density at radius 1 is 0.920 bits per heavy atom. The number of aryl methyl sites for hydroxylation is 1. The minimum Gasteiger partial charge on any atom is -0.483 e. The molecular weight excluding hydrogens is 316 g/mol. The molecule has 0 radical (unpaired) electrons. The predicted molar refractivity (Wildman–Crippen MR) is 99.9 cm³/mol. The Morgan fingerprint density at radius 3 is 2.28 bits per heavy atom. The van der Waals surface area contributed by atoms with Gasteiger partial charge in [0.1, 0.15) is 5.75 Å². The van der Waals surface area contributed by atoms with Gasteiger partial charge in [0, 0.05) is 17.8 Å². The lowest BCUT2D eigenvalue weighted by Gasteiger charge is -2.11. The third-order valence-corrected chi connectivity index (χ3v) is 3.62. The second-order valence-corrected chi connectivity index (χ2v) is 5.68. The molecule has 0 heterocycles. The molecule has 5 heteroatoms. The highest BCUT2D eigenvalue weighted by Gasteiger charge is 2.07.